The van der Waals surface area contributed by atoms with Crippen LogP contribution in [-0.2, 0) is 0 Å². The molecule has 0 radical (unpaired) electrons. The van der Waals surface area contributed by atoms with E-state index in [1.54, 1.807) is 6.33 Å². The molecule has 2 aromatic rings. The molecule has 1 aromatic heterocycles. The molecule has 5 heteroatoms. The molecule has 0 spiro atoms. The van der Waals surface area contributed by atoms with Gasteiger partial charge in [-0.15, -0.1) is 0 Å². The molecular weight excluding hydrogens is 264 g/mol. The molecule has 1 fully saturated rings. The highest BCUT2D eigenvalue weighted by Crippen LogP contribution is 2.24. The van der Waals surface area contributed by atoms with E-state index in [0.717, 1.165) is 42.9 Å². The quantitative estimate of drug-likeness (QED) is 0.927. The SMILES string of the molecule is CC(O)CN1CCN(c2ncnc3ccccc23)CC1C. The van der Waals surface area contributed by atoms with Gasteiger partial charge in [-0.25, -0.2) is 9.97 Å². The van der Waals surface area contributed by atoms with E-state index in [-0.39, 0.29) is 6.10 Å². The minimum atomic E-state index is -0.279. The Kier molecular flexibility index (Phi) is 4.03. The van der Waals surface area contributed by atoms with E-state index in [1.165, 1.54) is 0 Å². The predicted octanol–water partition coefficient (Wildman–Crippen LogP) is 1.52. The third kappa shape index (κ3) is 2.99. The van der Waals surface area contributed by atoms with E-state index in [9.17, 15) is 5.11 Å². The Labute approximate surface area is 125 Å². The number of fused-ring (bicyclic) bond motifs is 1. The van der Waals surface area contributed by atoms with Crippen LogP contribution < -0.4 is 4.90 Å². The van der Waals surface area contributed by atoms with Crippen molar-refractivity contribution < 1.29 is 5.11 Å². The molecule has 1 saturated heterocycles. The molecule has 1 aliphatic rings. The Bertz CT molecular complexity index is 611. The predicted molar refractivity (Wildman–Crippen MR) is 84.5 cm³/mol. The molecule has 1 aromatic carbocycles. The van der Waals surface area contributed by atoms with Crippen molar-refractivity contribution in [1.82, 2.24) is 14.9 Å². The summed E-state index contributed by atoms with van der Waals surface area (Å²) in [5.41, 5.74) is 0.988. The van der Waals surface area contributed by atoms with Gasteiger partial charge in [-0.3, -0.25) is 4.90 Å². The van der Waals surface area contributed by atoms with Gasteiger partial charge in [0.25, 0.3) is 0 Å². The molecule has 0 bridgehead atoms. The highest BCUT2D eigenvalue weighted by molar-refractivity contribution is 5.89. The first-order valence-corrected chi connectivity index (χ1v) is 7.52. The Morgan fingerprint density at radius 1 is 1.29 bits per heavy atom. The Hall–Kier alpha value is -1.72. The molecule has 5 nitrogen and oxygen atoms in total. The molecule has 0 saturated carbocycles. The van der Waals surface area contributed by atoms with Crippen LogP contribution in [0.25, 0.3) is 10.9 Å². The lowest BCUT2D eigenvalue weighted by molar-refractivity contribution is 0.0959. The van der Waals surface area contributed by atoms with E-state index in [4.69, 9.17) is 0 Å². The molecule has 1 aliphatic heterocycles. The summed E-state index contributed by atoms with van der Waals surface area (Å²) < 4.78 is 0. The van der Waals surface area contributed by atoms with E-state index >= 15 is 0 Å². The standard InChI is InChI=1S/C16H22N4O/c1-12-9-20(8-7-19(12)10-13(2)21)16-14-5-3-4-6-15(14)17-11-18-16/h3-6,11-13,21H,7-10H2,1-2H3. The van der Waals surface area contributed by atoms with Crippen LogP contribution in [0.15, 0.2) is 30.6 Å². The Morgan fingerprint density at radius 2 is 2.10 bits per heavy atom. The lowest BCUT2D eigenvalue weighted by atomic mass is 10.1. The van der Waals surface area contributed by atoms with Crippen molar-refractivity contribution in [2.75, 3.05) is 31.1 Å². The summed E-state index contributed by atoms with van der Waals surface area (Å²) in [6.07, 6.45) is 1.36. The zero-order valence-corrected chi connectivity index (χ0v) is 12.6. The fourth-order valence-electron chi connectivity index (χ4n) is 3.04. The van der Waals surface area contributed by atoms with Crippen molar-refractivity contribution in [3.05, 3.63) is 30.6 Å². The van der Waals surface area contributed by atoms with Crippen LogP contribution in [0.2, 0.25) is 0 Å². The number of aromatic nitrogens is 2. The number of aliphatic hydroxyl groups is 1. The van der Waals surface area contributed by atoms with Crippen molar-refractivity contribution in [2.45, 2.75) is 26.0 Å². The summed E-state index contributed by atoms with van der Waals surface area (Å²) in [5.74, 6) is 1.02. The van der Waals surface area contributed by atoms with Gasteiger partial charge in [0.15, 0.2) is 0 Å². The number of para-hydroxylation sites is 1. The smallest absolute Gasteiger partial charge is 0.139 e. The normalized spacial score (nSPS) is 21.7. The van der Waals surface area contributed by atoms with Crippen molar-refractivity contribution in [2.24, 2.45) is 0 Å². The minimum absolute atomic E-state index is 0.279. The zero-order valence-electron chi connectivity index (χ0n) is 12.6. The van der Waals surface area contributed by atoms with Gasteiger partial charge in [0.2, 0.25) is 0 Å². The van der Waals surface area contributed by atoms with Gasteiger partial charge in [0.05, 0.1) is 11.6 Å². The highest BCUT2D eigenvalue weighted by atomic mass is 16.3. The molecule has 3 rings (SSSR count). The minimum Gasteiger partial charge on any atom is -0.392 e. The summed E-state index contributed by atoms with van der Waals surface area (Å²) in [7, 11) is 0. The average Bonchev–Trinajstić information content (AvgIpc) is 2.48. The van der Waals surface area contributed by atoms with Crippen LogP contribution in [-0.4, -0.2) is 58.3 Å². The summed E-state index contributed by atoms with van der Waals surface area (Å²) >= 11 is 0. The fraction of sp³-hybridized carbons (Fsp3) is 0.500. The van der Waals surface area contributed by atoms with Crippen LogP contribution in [0.5, 0.6) is 0 Å². The second-order valence-electron chi connectivity index (χ2n) is 5.85. The van der Waals surface area contributed by atoms with Gasteiger partial charge in [-0.05, 0) is 26.0 Å². The number of aliphatic hydroxyl groups excluding tert-OH is 1. The van der Waals surface area contributed by atoms with Crippen LogP contribution >= 0.6 is 0 Å². The number of rotatable bonds is 3. The molecule has 2 heterocycles. The van der Waals surface area contributed by atoms with Gasteiger partial charge < -0.3 is 10.0 Å². The van der Waals surface area contributed by atoms with Gasteiger partial charge in [0.1, 0.15) is 12.1 Å². The lowest BCUT2D eigenvalue weighted by Crippen LogP contribution is -2.53. The molecule has 1 N–H and O–H groups in total. The maximum Gasteiger partial charge on any atom is 0.139 e. The van der Waals surface area contributed by atoms with Crippen molar-refractivity contribution in [3.63, 3.8) is 0 Å². The molecule has 112 valence electrons. The van der Waals surface area contributed by atoms with Gasteiger partial charge >= 0.3 is 0 Å². The second-order valence-corrected chi connectivity index (χ2v) is 5.85. The average molecular weight is 286 g/mol. The maximum absolute atomic E-state index is 9.57. The number of β-amino-alcohol motifs (C(OH)–C–C–N with tert-alkyl or cyclic N) is 1. The molecule has 21 heavy (non-hydrogen) atoms. The number of nitrogens with zero attached hydrogens (tertiary/aromatic N) is 4. The third-order valence-corrected chi connectivity index (χ3v) is 4.09. The van der Waals surface area contributed by atoms with Crippen LogP contribution in [0.1, 0.15) is 13.8 Å². The third-order valence-electron chi connectivity index (χ3n) is 4.09. The van der Waals surface area contributed by atoms with E-state index < -0.39 is 0 Å². The topological polar surface area (TPSA) is 52.5 Å². The van der Waals surface area contributed by atoms with E-state index in [0.29, 0.717) is 6.04 Å². The number of hydrogen-bond acceptors (Lipinski definition) is 5. The highest BCUT2D eigenvalue weighted by Gasteiger charge is 2.26. The summed E-state index contributed by atoms with van der Waals surface area (Å²) in [4.78, 5) is 13.5. The van der Waals surface area contributed by atoms with E-state index in [1.807, 2.05) is 25.1 Å². The van der Waals surface area contributed by atoms with E-state index in [2.05, 4.69) is 32.8 Å². The van der Waals surface area contributed by atoms with Gasteiger partial charge in [-0.2, -0.15) is 0 Å². The van der Waals surface area contributed by atoms with Gasteiger partial charge in [-0.1, -0.05) is 12.1 Å². The number of hydrogen-bond donors (Lipinski definition) is 1. The first-order valence-electron chi connectivity index (χ1n) is 7.52. The van der Waals surface area contributed by atoms with Crippen molar-refractivity contribution in [3.8, 4) is 0 Å². The Balaban J connectivity index is 1.82. The summed E-state index contributed by atoms with van der Waals surface area (Å²) in [6.45, 7) is 7.59. The number of anilines is 1. The number of benzene rings is 1. The van der Waals surface area contributed by atoms with Crippen LogP contribution in [0, 0.1) is 0 Å². The molecular formula is C16H22N4O. The zero-order chi connectivity index (χ0) is 14.8. The Morgan fingerprint density at radius 3 is 2.86 bits per heavy atom. The van der Waals surface area contributed by atoms with Crippen molar-refractivity contribution in [1.29, 1.82) is 0 Å². The van der Waals surface area contributed by atoms with Crippen LogP contribution in [0.3, 0.4) is 0 Å². The van der Waals surface area contributed by atoms with Crippen LogP contribution in [0.4, 0.5) is 5.82 Å². The summed E-state index contributed by atoms with van der Waals surface area (Å²) in [6, 6.07) is 8.54. The monoisotopic (exact) mass is 286 g/mol. The first-order chi connectivity index (χ1) is 10.1. The number of piperazine rings is 1. The lowest BCUT2D eigenvalue weighted by Gasteiger charge is -2.41. The molecule has 2 unspecified atom stereocenters. The first kappa shape index (κ1) is 14.2. The maximum atomic E-state index is 9.57. The van der Waals surface area contributed by atoms with Gasteiger partial charge in [0, 0.05) is 37.6 Å². The molecule has 0 aliphatic carbocycles. The second kappa shape index (κ2) is 5.95. The fourth-order valence-corrected chi connectivity index (χ4v) is 3.04. The molecule has 0 amide bonds. The summed E-state index contributed by atoms with van der Waals surface area (Å²) in [5, 5.41) is 10.7. The largest absolute Gasteiger partial charge is 0.392 e. The van der Waals surface area contributed by atoms with Crippen molar-refractivity contribution >= 4 is 16.7 Å². The molecule has 2 atom stereocenters.